The molecule has 17 heavy (non-hydrogen) atoms. The van der Waals surface area contributed by atoms with Crippen molar-refractivity contribution >= 4 is 0 Å². The van der Waals surface area contributed by atoms with Gasteiger partial charge in [-0.1, -0.05) is 45.9 Å². The van der Waals surface area contributed by atoms with Crippen LogP contribution in [0.2, 0.25) is 0 Å². The van der Waals surface area contributed by atoms with E-state index in [1.807, 2.05) is 0 Å². The summed E-state index contributed by atoms with van der Waals surface area (Å²) in [5.74, 6) is 0. The fourth-order valence-electron chi connectivity index (χ4n) is 2.01. The van der Waals surface area contributed by atoms with Crippen LogP contribution in [0.15, 0.2) is 18.2 Å². The number of aryl methyl sites for hydroxylation is 2. The molecule has 0 aromatic heterocycles. The van der Waals surface area contributed by atoms with E-state index in [1.54, 1.807) is 0 Å². The predicted octanol–water partition coefficient (Wildman–Crippen LogP) is 3.87. The van der Waals surface area contributed by atoms with Gasteiger partial charge in [-0.2, -0.15) is 0 Å². The molecule has 1 heteroatoms. The van der Waals surface area contributed by atoms with Crippen LogP contribution in [0.25, 0.3) is 0 Å². The Morgan fingerprint density at radius 3 is 2.29 bits per heavy atom. The maximum absolute atomic E-state index is 3.53. The van der Waals surface area contributed by atoms with Gasteiger partial charge in [-0.15, -0.1) is 0 Å². The highest BCUT2D eigenvalue weighted by Crippen LogP contribution is 2.22. The first-order valence-corrected chi connectivity index (χ1v) is 6.60. The minimum absolute atomic E-state index is 0.311. The first-order chi connectivity index (χ1) is 7.80. The Balaban J connectivity index is 2.65. The molecule has 0 atom stereocenters. The Morgan fingerprint density at radius 1 is 1.12 bits per heavy atom. The van der Waals surface area contributed by atoms with E-state index in [-0.39, 0.29) is 0 Å². The van der Waals surface area contributed by atoms with E-state index < -0.39 is 0 Å². The smallest absolute Gasteiger partial charge is 0.00106 e. The SMILES string of the molecule is Cc1ccc(CC(C)(C)CNC(C)C)cc1C. The largest absolute Gasteiger partial charge is 0.314 e. The molecule has 0 unspecified atom stereocenters. The molecule has 0 bridgehead atoms. The van der Waals surface area contributed by atoms with Crippen LogP contribution in [0.5, 0.6) is 0 Å². The van der Waals surface area contributed by atoms with Crippen LogP contribution in [0.1, 0.15) is 44.4 Å². The zero-order chi connectivity index (χ0) is 13.1. The number of hydrogen-bond acceptors (Lipinski definition) is 1. The summed E-state index contributed by atoms with van der Waals surface area (Å²) in [6.07, 6.45) is 1.13. The van der Waals surface area contributed by atoms with E-state index in [9.17, 15) is 0 Å². The van der Waals surface area contributed by atoms with Crippen molar-refractivity contribution in [1.82, 2.24) is 5.32 Å². The monoisotopic (exact) mass is 233 g/mol. The molecule has 96 valence electrons. The molecule has 1 nitrogen and oxygen atoms in total. The lowest BCUT2D eigenvalue weighted by atomic mass is 9.85. The molecule has 0 heterocycles. The summed E-state index contributed by atoms with van der Waals surface area (Å²) in [4.78, 5) is 0. The molecule has 0 aliphatic rings. The van der Waals surface area contributed by atoms with Crippen molar-refractivity contribution in [3.05, 3.63) is 34.9 Å². The molecule has 1 aromatic rings. The number of hydrogen-bond donors (Lipinski definition) is 1. The van der Waals surface area contributed by atoms with Crippen LogP contribution in [0.3, 0.4) is 0 Å². The molecule has 0 saturated carbocycles. The Kier molecular flexibility index (Phi) is 4.76. The van der Waals surface area contributed by atoms with Gasteiger partial charge in [-0.05, 0) is 42.4 Å². The van der Waals surface area contributed by atoms with Crippen LogP contribution in [0, 0.1) is 19.3 Å². The Hall–Kier alpha value is -0.820. The lowest BCUT2D eigenvalue weighted by Gasteiger charge is -2.26. The van der Waals surface area contributed by atoms with E-state index in [0.717, 1.165) is 13.0 Å². The molecule has 0 aliphatic carbocycles. The van der Waals surface area contributed by atoms with Crippen molar-refractivity contribution in [2.45, 2.75) is 54.0 Å². The minimum Gasteiger partial charge on any atom is -0.314 e. The van der Waals surface area contributed by atoms with E-state index >= 15 is 0 Å². The zero-order valence-corrected chi connectivity index (χ0v) is 12.2. The fraction of sp³-hybridized carbons (Fsp3) is 0.625. The van der Waals surface area contributed by atoms with Gasteiger partial charge in [0.25, 0.3) is 0 Å². The van der Waals surface area contributed by atoms with Crippen molar-refractivity contribution in [2.75, 3.05) is 6.54 Å². The van der Waals surface area contributed by atoms with E-state index in [0.29, 0.717) is 11.5 Å². The molecule has 0 spiro atoms. The van der Waals surface area contributed by atoms with Gasteiger partial charge in [0, 0.05) is 12.6 Å². The normalized spacial score (nSPS) is 12.2. The first-order valence-electron chi connectivity index (χ1n) is 6.60. The summed E-state index contributed by atoms with van der Waals surface area (Å²) >= 11 is 0. The van der Waals surface area contributed by atoms with Gasteiger partial charge >= 0.3 is 0 Å². The number of rotatable bonds is 5. The highest BCUT2D eigenvalue weighted by atomic mass is 14.9. The molecule has 0 fully saturated rings. The van der Waals surface area contributed by atoms with E-state index in [1.165, 1.54) is 16.7 Å². The number of nitrogens with one attached hydrogen (secondary N) is 1. The third-order valence-corrected chi connectivity index (χ3v) is 3.24. The summed E-state index contributed by atoms with van der Waals surface area (Å²) in [6.45, 7) is 14.5. The second-order valence-corrected chi connectivity index (χ2v) is 6.30. The summed E-state index contributed by atoms with van der Waals surface area (Å²) in [7, 11) is 0. The molecular formula is C16H27N. The van der Waals surface area contributed by atoms with Gasteiger partial charge in [0.05, 0.1) is 0 Å². The lowest BCUT2D eigenvalue weighted by Crippen LogP contribution is -2.35. The maximum Gasteiger partial charge on any atom is 0.00106 e. The number of benzene rings is 1. The Morgan fingerprint density at radius 2 is 1.76 bits per heavy atom. The third-order valence-electron chi connectivity index (χ3n) is 3.24. The van der Waals surface area contributed by atoms with Crippen molar-refractivity contribution < 1.29 is 0 Å². The first kappa shape index (κ1) is 14.2. The van der Waals surface area contributed by atoms with Gasteiger partial charge in [0.15, 0.2) is 0 Å². The lowest BCUT2D eigenvalue weighted by molar-refractivity contribution is 0.325. The second-order valence-electron chi connectivity index (χ2n) is 6.30. The van der Waals surface area contributed by atoms with Crippen LogP contribution in [-0.2, 0) is 6.42 Å². The van der Waals surface area contributed by atoms with Crippen molar-refractivity contribution in [1.29, 1.82) is 0 Å². The molecule has 1 rings (SSSR count). The molecule has 0 radical (unpaired) electrons. The van der Waals surface area contributed by atoms with Gasteiger partial charge < -0.3 is 5.32 Å². The Labute approximate surface area is 107 Å². The van der Waals surface area contributed by atoms with Crippen LogP contribution >= 0.6 is 0 Å². The van der Waals surface area contributed by atoms with Crippen molar-refractivity contribution in [3.63, 3.8) is 0 Å². The quantitative estimate of drug-likeness (QED) is 0.814. The molecule has 1 aromatic carbocycles. The topological polar surface area (TPSA) is 12.0 Å². The molecule has 0 aliphatic heterocycles. The van der Waals surface area contributed by atoms with Crippen LogP contribution in [-0.4, -0.2) is 12.6 Å². The van der Waals surface area contributed by atoms with Gasteiger partial charge in [-0.3, -0.25) is 0 Å². The molecular weight excluding hydrogens is 206 g/mol. The third kappa shape index (κ3) is 4.91. The average Bonchev–Trinajstić information content (AvgIpc) is 2.21. The summed E-state index contributed by atoms with van der Waals surface area (Å²) in [5, 5.41) is 3.53. The van der Waals surface area contributed by atoms with Crippen LogP contribution in [0.4, 0.5) is 0 Å². The van der Waals surface area contributed by atoms with Gasteiger partial charge in [0.1, 0.15) is 0 Å². The standard InChI is InChI=1S/C16H27N/c1-12(2)17-11-16(5,6)10-15-8-7-13(3)14(4)9-15/h7-9,12,17H,10-11H2,1-6H3. The fourth-order valence-corrected chi connectivity index (χ4v) is 2.01. The highest BCUT2D eigenvalue weighted by Gasteiger charge is 2.18. The van der Waals surface area contributed by atoms with E-state index in [4.69, 9.17) is 0 Å². The molecule has 0 amide bonds. The van der Waals surface area contributed by atoms with Gasteiger partial charge in [-0.25, -0.2) is 0 Å². The molecule has 0 saturated heterocycles. The van der Waals surface area contributed by atoms with Crippen molar-refractivity contribution in [2.24, 2.45) is 5.41 Å². The van der Waals surface area contributed by atoms with Crippen LogP contribution < -0.4 is 5.32 Å². The van der Waals surface area contributed by atoms with Gasteiger partial charge in [0.2, 0.25) is 0 Å². The highest BCUT2D eigenvalue weighted by molar-refractivity contribution is 5.30. The second kappa shape index (κ2) is 5.68. The molecule has 1 N–H and O–H groups in total. The maximum atomic E-state index is 3.53. The predicted molar refractivity (Wildman–Crippen MR) is 76.5 cm³/mol. The minimum atomic E-state index is 0.311. The van der Waals surface area contributed by atoms with Crippen molar-refractivity contribution in [3.8, 4) is 0 Å². The summed E-state index contributed by atoms with van der Waals surface area (Å²) in [5.41, 5.74) is 4.54. The summed E-state index contributed by atoms with van der Waals surface area (Å²) in [6, 6.07) is 7.39. The average molecular weight is 233 g/mol. The summed E-state index contributed by atoms with van der Waals surface area (Å²) < 4.78 is 0. The Bertz CT molecular complexity index is 364. The van der Waals surface area contributed by atoms with E-state index in [2.05, 4.69) is 65.1 Å². The zero-order valence-electron chi connectivity index (χ0n) is 12.2.